The van der Waals surface area contributed by atoms with Crippen LogP contribution in [0.15, 0.2) is 23.4 Å². The number of benzene rings is 1. The van der Waals surface area contributed by atoms with Crippen molar-refractivity contribution in [2.45, 2.75) is 0 Å². The van der Waals surface area contributed by atoms with Gasteiger partial charge in [0.1, 0.15) is 12.0 Å². The van der Waals surface area contributed by atoms with E-state index < -0.39 is 11.7 Å². The fraction of sp³-hybridized carbons (Fsp3) is 0. The van der Waals surface area contributed by atoms with Gasteiger partial charge in [0.05, 0.1) is 0 Å². The van der Waals surface area contributed by atoms with Gasteiger partial charge in [-0.3, -0.25) is 4.79 Å². The molecule has 0 heterocycles. The topological polar surface area (TPSA) is 61.7 Å². The summed E-state index contributed by atoms with van der Waals surface area (Å²) in [6, 6.07) is 3.57. The maximum absolute atomic E-state index is 12.7. The monoisotopic (exact) mass is 216 g/mol. The van der Waals surface area contributed by atoms with Crippen LogP contribution in [-0.4, -0.2) is 17.3 Å². The highest BCUT2D eigenvalue weighted by Crippen LogP contribution is 2.17. The average molecular weight is 217 g/mol. The molecule has 0 saturated carbocycles. The molecule has 1 aromatic rings. The molecule has 0 saturated heterocycles. The molecule has 0 unspecified atom stereocenters. The minimum atomic E-state index is -0.672. The van der Waals surface area contributed by atoms with Crippen LogP contribution < -0.4 is 5.32 Å². The summed E-state index contributed by atoms with van der Waals surface area (Å²) in [7, 11) is 0. The van der Waals surface area contributed by atoms with Crippen LogP contribution in [0.25, 0.3) is 0 Å². The second-order valence-corrected chi connectivity index (χ2v) is 2.83. The van der Waals surface area contributed by atoms with Gasteiger partial charge in [0.15, 0.2) is 0 Å². The van der Waals surface area contributed by atoms with Gasteiger partial charge in [0.2, 0.25) is 0 Å². The van der Waals surface area contributed by atoms with E-state index in [1.165, 1.54) is 6.07 Å². The number of anilines is 1. The van der Waals surface area contributed by atoms with E-state index in [0.717, 1.165) is 12.1 Å². The highest BCUT2D eigenvalue weighted by atomic mass is 35.5. The van der Waals surface area contributed by atoms with Gasteiger partial charge in [-0.25, -0.2) is 4.39 Å². The SMILES string of the molecule is O=C(/C=N\O)Nc1cc(F)cc(Cl)c1. The van der Waals surface area contributed by atoms with Gasteiger partial charge >= 0.3 is 0 Å². The standard InChI is InChI=1S/C8H6ClFN2O2/c9-5-1-6(10)3-7(2-5)12-8(13)4-11-14/h1-4,14H,(H,12,13)/b11-4-. The van der Waals surface area contributed by atoms with Crippen molar-refractivity contribution in [3.63, 3.8) is 0 Å². The number of carbonyl (C=O) groups excluding carboxylic acids is 1. The molecule has 1 aromatic carbocycles. The molecule has 1 amide bonds. The Bertz CT molecular complexity index is 361. The summed E-state index contributed by atoms with van der Waals surface area (Å²) < 4.78 is 12.7. The lowest BCUT2D eigenvalue weighted by Crippen LogP contribution is -2.12. The molecule has 0 aliphatic heterocycles. The third-order valence-corrected chi connectivity index (χ3v) is 1.52. The van der Waals surface area contributed by atoms with Gasteiger partial charge in [-0.2, -0.15) is 0 Å². The summed E-state index contributed by atoms with van der Waals surface area (Å²) in [4.78, 5) is 10.8. The summed E-state index contributed by atoms with van der Waals surface area (Å²) in [5.74, 6) is -1.23. The van der Waals surface area contributed by atoms with Gasteiger partial charge in [-0.15, -0.1) is 0 Å². The molecular weight excluding hydrogens is 211 g/mol. The summed E-state index contributed by atoms with van der Waals surface area (Å²) in [5.41, 5.74) is 0.194. The van der Waals surface area contributed by atoms with Crippen molar-refractivity contribution in [2.24, 2.45) is 5.16 Å². The number of amides is 1. The molecule has 14 heavy (non-hydrogen) atoms. The lowest BCUT2D eigenvalue weighted by Gasteiger charge is -2.01. The Morgan fingerprint density at radius 3 is 2.86 bits per heavy atom. The zero-order valence-electron chi connectivity index (χ0n) is 6.87. The Balaban J connectivity index is 2.81. The van der Waals surface area contributed by atoms with Crippen LogP contribution in [0.3, 0.4) is 0 Å². The molecule has 0 aliphatic rings. The van der Waals surface area contributed by atoms with Gasteiger partial charge in [0, 0.05) is 10.7 Å². The normalized spacial score (nSPS) is 10.4. The number of nitrogens with one attached hydrogen (secondary N) is 1. The first-order valence-corrected chi connectivity index (χ1v) is 3.94. The first-order valence-electron chi connectivity index (χ1n) is 3.56. The van der Waals surface area contributed by atoms with E-state index in [2.05, 4.69) is 10.5 Å². The average Bonchev–Trinajstić information content (AvgIpc) is 2.01. The van der Waals surface area contributed by atoms with Crippen molar-refractivity contribution >= 4 is 29.4 Å². The molecule has 0 bridgehead atoms. The van der Waals surface area contributed by atoms with E-state index in [9.17, 15) is 9.18 Å². The number of carbonyl (C=O) groups is 1. The largest absolute Gasteiger partial charge is 0.411 e. The zero-order chi connectivity index (χ0) is 10.6. The van der Waals surface area contributed by atoms with E-state index in [1.54, 1.807) is 0 Å². The molecule has 6 heteroatoms. The molecule has 1 rings (SSSR count). The number of hydrogen-bond donors (Lipinski definition) is 2. The lowest BCUT2D eigenvalue weighted by molar-refractivity contribution is -0.110. The predicted octanol–water partition coefficient (Wildman–Crippen LogP) is 1.88. The van der Waals surface area contributed by atoms with Crippen molar-refractivity contribution in [1.29, 1.82) is 0 Å². The van der Waals surface area contributed by atoms with E-state index in [1.807, 2.05) is 0 Å². The molecule has 0 radical (unpaired) electrons. The van der Waals surface area contributed by atoms with Gasteiger partial charge < -0.3 is 10.5 Å². The fourth-order valence-electron chi connectivity index (χ4n) is 0.853. The van der Waals surface area contributed by atoms with Crippen molar-refractivity contribution in [3.8, 4) is 0 Å². The number of rotatable bonds is 2. The van der Waals surface area contributed by atoms with Gasteiger partial charge in [-0.1, -0.05) is 16.8 Å². The first-order chi connectivity index (χ1) is 6.61. The molecule has 2 N–H and O–H groups in total. The molecule has 0 atom stereocenters. The summed E-state index contributed by atoms with van der Waals surface area (Å²) in [6.45, 7) is 0. The van der Waals surface area contributed by atoms with Crippen LogP contribution in [0, 0.1) is 5.82 Å². The highest BCUT2D eigenvalue weighted by Gasteiger charge is 2.02. The second-order valence-electron chi connectivity index (χ2n) is 2.39. The number of nitrogens with zero attached hydrogens (tertiary/aromatic N) is 1. The van der Waals surface area contributed by atoms with Crippen LogP contribution in [0.2, 0.25) is 5.02 Å². The van der Waals surface area contributed by atoms with Crippen LogP contribution in [0.1, 0.15) is 0 Å². The van der Waals surface area contributed by atoms with Gasteiger partial charge in [0.25, 0.3) is 5.91 Å². The van der Waals surface area contributed by atoms with E-state index in [4.69, 9.17) is 16.8 Å². The Hall–Kier alpha value is -1.62. The van der Waals surface area contributed by atoms with Crippen molar-refractivity contribution in [2.75, 3.05) is 5.32 Å². The van der Waals surface area contributed by atoms with Crippen LogP contribution in [0.4, 0.5) is 10.1 Å². The quantitative estimate of drug-likeness (QED) is 0.450. The smallest absolute Gasteiger partial charge is 0.270 e. The summed E-state index contributed by atoms with van der Waals surface area (Å²) in [6.07, 6.45) is 0.652. The number of hydrogen-bond acceptors (Lipinski definition) is 3. The maximum atomic E-state index is 12.7. The zero-order valence-corrected chi connectivity index (χ0v) is 7.62. The fourth-order valence-corrected chi connectivity index (χ4v) is 1.07. The lowest BCUT2D eigenvalue weighted by atomic mass is 10.3. The molecule has 0 aromatic heterocycles. The third-order valence-electron chi connectivity index (χ3n) is 1.31. The molecule has 0 fully saturated rings. The molecule has 0 spiro atoms. The molecule has 74 valence electrons. The van der Waals surface area contributed by atoms with Crippen molar-refractivity contribution < 1.29 is 14.4 Å². The molecular formula is C8H6ClFN2O2. The Morgan fingerprint density at radius 1 is 1.57 bits per heavy atom. The van der Waals surface area contributed by atoms with E-state index >= 15 is 0 Å². The minimum Gasteiger partial charge on any atom is -0.411 e. The highest BCUT2D eigenvalue weighted by molar-refractivity contribution is 6.32. The number of oxime groups is 1. The summed E-state index contributed by atoms with van der Waals surface area (Å²) in [5, 5.41) is 13.0. The maximum Gasteiger partial charge on any atom is 0.270 e. The minimum absolute atomic E-state index is 0.168. The Kier molecular flexibility index (Phi) is 3.41. The number of halogens is 2. The molecule has 4 nitrogen and oxygen atoms in total. The Labute approximate surface area is 84.0 Å². The summed E-state index contributed by atoms with van der Waals surface area (Å²) >= 11 is 5.54. The second kappa shape index (κ2) is 4.57. The van der Waals surface area contributed by atoms with Crippen LogP contribution in [-0.2, 0) is 4.79 Å². The van der Waals surface area contributed by atoms with Crippen molar-refractivity contribution in [3.05, 3.63) is 29.0 Å². The van der Waals surface area contributed by atoms with Crippen molar-refractivity contribution in [1.82, 2.24) is 0 Å². The van der Waals surface area contributed by atoms with Crippen LogP contribution in [0.5, 0.6) is 0 Å². The predicted molar refractivity (Wildman–Crippen MR) is 50.3 cm³/mol. The third kappa shape index (κ3) is 3.02. The van der Waals surface area contributed by atoms with Gasteiger partial charge in [-0.05, 0) is 18.2 Å². The van der Waals surface area contributed by atoms with E-state index in [-0.39, 0.29) is 10.7 Å². The van der Waals surface area contributed by atoms with E-state index in [0.29, 0.717) is 6.21 Å². The Morgan fingerprint density at radius 2 is 2.29 bits per heavy atom. The first kappa shape index (κ1) is 10.5. The van der Waals surface area contributed by atoms with Crippen LogP contribution >= 0.6 is 11.6 Å². The molecule has 0 aliphatic carbocycles.